The number of halogens is 1. The highest BCUT2D eigenvalue weighted by atomic mass is 35.5. The summed E-state index contributed by atoms with van der Waals surface area (Å²) < 4.78 is 27.4. The lowest BCUT2D eigenvalue weighted by molar-refractivity contribution is 0.316. The maximum absolute atomic E-state index is 12.9. The zero-order valence-electron chi connectivity index (χ0n) is 13.1. The summed E-state index contributed by atoms with van der Waals surface area (Å²) in [4.78, 5) is 0.476. The van der Waals surface area contributed by atoms with Gasteiger partial charge in [0, 0.05) is 19.1 Å². The molecule has 1 aliphatic rings. The van der Waals surface area contributed by atoms with Crippen LogP contribution in [0.3, 0.4) is 0 Å². The van der Waals surface area contributed by atoms with Crippen LogP contribution >= 0.6 is 12.4 Å². The SMILES string of the molecule is Cc1cc(C)c(C)c(S(=O)(=O)N2CCC[C@@H](N)C2)c1C.Cl. The largest absolute Gasteiger partial charge is 0.327 e. The first-order chi connectivity index (χ1) is 9.25. The summed E-state index contributed by atoms with van der Waals surface area (Å²) in [5.41, 5.74) is 9.68. The number of sulfonamides is 1. The Labute approximate surface area is 134 Å². The van der Waals surface area contributed by atoms with Gasteiger partial charge >= 0.3 is 0 Å². The molecule has 0 aliphatic carbocycles. The van der Waals surface area contributed by atoms with Crippen molar-refractivity contribution in [2.45, 2.75) is 51.5 Å². The second kappa shape index (κ2) is 6.65. The zero-order chi connectivity index (χ0) is 15.1. The van der Waals surface area contributed by atoms with E-state index < -0.39 is 10.0 Å². The monoisotopic (exact) mass is 332 g/mol. The first-order valence-corrected chi connectivity index (χ1v) is 8.52. The van der Waals surface area contributed by atoms with Crippen LogP contribution in [0.2, 0.25) is 0 Å². The van der Waals surface area contributed by atoms with Gasteiger partial charge in [-0.2, -0.15) is 4.31 Å². The topological polar surface area (TPSA) is 63.4 Å². The average Bonchev–Trinajstić information content (AvgIpc) is 2.36. The molecule has 2 N–H and O–H groups in total. The number of hydrogen-bond donors (Lipinski definition) is 1. The van der Waals surface area contributed by atoms with Gasteiger partial charge in [0.2, 0.25) is 10.0 Å². The van der Waals surface area contributed by atoms with E-state index in [1.54, 1.807) is 4.31 Å². The van der Waals surface area contributed by atoms with Crippen molar-refractivity contribution in [3.63, 3.8) is 0 Å². The number of nitrogens with zero attached hydrogens (tertiary/aromatic N) is 1. The Morgan fingerprint density at radius 2 is 1.67 bits per heavy atom. The van der Waals surface area contributed by atoms with Crippen LogP contribution in [0.1, 0.15) is 35.1 Å². The maximum Gasteiger partial charge on any atom is 0.243 e. The lowest BCUT2D eigenvalue weighted by Gasteiger charge is -2.31. The Morgan fingerprint density at radius 1 is 1.14 bits per heavy atom. The third kappa shape index (κ3) is 3.42. The van der Waals surface area contributed by atoms with E-state index in [-0.39, 0.29) is 18.4 Å². The van der Waals surface area contributed by atoms with Gasteiger partial charge in [-0.05, 0) is 62.8 Å². The molecule has 6 heteroatoms. The summed E-state index contributed by atoms with van der Waals surface area (Å²) in [5.74, 6) is 0. The molecular weight excluding hydrogens is 308 g/mol. The predicted octanol–water partition coefficient (Wildman–Crippen LogP) is 2.45. The van der Waals surface area contributed by atoms with Gasteiger partial charge in [0.1, 0.15) is 0 Å². The quantitative estimate of drug-likeness (QED) is 0.904. The van der Waals surface area contributed by atoms with Crippen LogP contribution in [0.15, 0.2) is 11.0 Å². The number of nitrogens with two attached hydrogens (primary N) is 1. The summed E-state index contributed by atoms with van der Waals surface area (Å²) in [7, 11) is -3.45. The first-order valence-electron chi connectivity index (χ1n) is 7.08. The third-order valence-electron chi connectivity index (χ3n) is 4.32. The van der Waals surface area contributed by atoms with Gasteiger partial charge < -0.3 is 5.73 Å². The molecule has 0 radical (unpaired) electrons. The van der Waals surface area contributed by atoms with Crippen molar-refractivity contribution in [1.29, 1.82) is 0 Å². The molecule has 120 valence electrons. The van der Waals surface area contributed by atoms with E-state index in [1.165, 1.54) is 0 Å². The van der Waals surface area contributed by atoms with Crippen LogP contribution < -0.4 is 5.73 Å². The molecule has 1 atom stereocenters. The van der Waals surface area contributed by atoms with Crippen LogP contribution in [0.5, 0.6) is 0 Å². The van der Waals surface area contributed by atoms with Crippen LogP contribution in [0, 0.1) is 27.7 Å². The molecule has 0 saturated carbocycles. The molecule has 21 heavy (non-hydrogen) atoms. The molecule has 1 aromatic rings. The second-order valence-electron chi connectivity index (χ2n) is 5.85. The molecule has 1 aromatic carbocycles. The molecular formula is C15H25ClN2O2S. The molecule has 0 spiro atoms. The summed E-state index contributed by atoms with van der Waals surface area (Å²) in [6.45, 7) is 8.69. The van der Waals surface area contributed by atoms with Gasteiger partial charge in [0.15, 0.2) is 0 Å². The first kappa shape index (κ1) is 18.4. The molecule has 2 rings (SSSR count). The van der Waals surface area contributed by atoms with Gasteiger partial charge in [-0.3, -0.25) is 0 Å². The van der Waals surface area contributed by atoms with E-state index in [2.05, 4.69) is 0 Å². The number of piperidine rings is 1. The van der Waals surface area contributed by atoms with Gasteiger partial charge in [-0.1, -0.05) is 6.07 Å². The number of rotatable bonds is 2. The summed E-state index contributed by atoms with van der Waals surface area (Å²) in [6.07, 6.45) is 1.74. The van der Waals surface area contributed by atoms with Crippen LogP contribution in [0.4, 0.5) is 0 Å². The lowest BCUT2D eigenvalue weighted by Crippen LogP contribution is -2.46. The molecule has 4 nitrogen and oxygen atoms in total. The van der Waals surface area contributed by atoms with E-state index in [1.807, 2.05) is 33.8 Å². The van der Waals surface area contributed by atoms with Gasteiger partial charge in [0.25, 0.3) is 0 Å². The fourth-order valence-electron chi connectivity index (χ4n) is 2.89. The standard InChI is InChI=1S/C15H24N2O2S.ClH/c1-10-8-11(2)13(4)15(12(10)3)20(18,19)17-7-5-6-14(16)9-17;/h8,14H,5-7,9,16H2,1-4H3;1H/t14-;/m1./s1. The van der Waals surface area contributed by atoms with Crippen molar-refractivity contribution in [3.8, 4) is 0 Å². The van der Waals surface area contributed by atoms with Gasteiger partial charge in [-0.25, -0.2) is 8.42 Å². The molecule has 0 aromatic heterocycles. The van der Waals surface area contributed by atoms with E-state index in [0.29, 0.717) is 18.0 Å². The smallest absolute Gasteiger partial charge is 0.243 e. The normalized spacial score (nSPS) is 20.1. The Hall–Kier alpha value is -0.620. The van der Waals surface area contributed by atoms with Crippen LogP contribution in [0.25, 0.3) is 0 Å². The molecule has 1 fully saturated rings. The van der Waals surface area contributed by atoms with E-state index >= 15 is 0 Å². The van der Waals surface area contributed by atoms with Crippen molar-refractivity contribution in [2.75, 3.05) is 13.1 Å². The number of aryl methyl sites for hydroxylation is 2. The highest BCUT2D eigenvalue weighted by Crippen LogP contribution is 2.29. The zero-order valence-corrected chi connectivity index (χ0v) is 14.8. The number of hydrogen-bond acceptors (Lipinski definition) is 3. The summed E-state index contributed by atoms with van der Waals surface area (Å²) in [6, 6.07) is 2.00. The van der Waals surface area contributed by atoms with E-state index in [4.69, 9.17) is 5.73 Å². The minimum absolute atomic E-state index is 0. The van der Waals surface area contributed by atoms with Crippen molar-refractivity contribution in [2.24, 2.45) is 5.73 Å². The summed E-state index contributed by atoms with van der Waals surface area (Å²) in [5, 5.41) is 0. The van der Waals surface area contributed by atoms with Crippen LogP contribution in [-0.4, -0.2) is 31.9 Å². The fourth-order valence-corrected chi connectivity index (χ4v) is 5.00. The predicted molar refractivity (Wildman–Crippen MR) is 88.6 cm³/mol. The highest BCUT2D eigenvalue weighted by Gasteiger charge is 2.31. The fraction of sp³-hybridized carbons (Fsp3) is 0.600. The van der Waals surface area contributed by atoms with Crippen molar-refractivity contribution in [1.82, 2.24) is 4.31 Å². The van der Waals surface area contributed by atoms with Crippen molar-refractivity contribution in [3.05, 3.63) is 28.3 Å². The van der Waals surface area contributed by atoms with Gasteiger partial charge in [0.05, 0.1) is 4.90 Å². The molecule has 1 heterocycles. The minimum Gasteiger partial charge on any atom is -0.327 e. The van der Waals surface area contributed by atoms with E-state index in [0.717, 1.165) is 35.1 Å². The number of benzene rings is 1. The molecule has 0 bridgehead atoms. The molecule has 0 amide bonds. The van der Waals surface area contributed by atoms with Crippen LogP contribution in [-0.2, 0) is 10.0 Å². The highest BCUT2D eigenvalue weighted by molar-refractivity contribution is 7.89. The Bertz CT molecular complexity index is 603. The molecule has 0 unspecified atom stereocenters. The summed E-state index contributed by atoms with van der Waals surface area (Å²) >= 11 is 0. The van der Waals surface area contributed by atoms with E-state index in [9.17, 15) is 8.42 Å². The van der Waals surface area contributed by atoms with Gasteiger partial charge in [-0.15, -0.1) is 12.4 Å². The third-order valence-corrected chi connectivity index (χ3v) is 6.46. The second-order valence-corrected chi connectivity index (χ2v) is 7.73. The Kier molecular flexibility index (Phi) is 5.83. The lowest BCUT2D eigenvalue weighted by atomic mass is 10.0. The average molecular weight is 333 g/mol. The molecule has 1 aliphatic heterocycles. The maximum atomic E-state index is 12.9. The van der Waals surface area contributed by atoms with Crippen molar-refractivity contribution >= 4 is 22.4 Å². The van der Waals surface area contributed by atoms with Crippen molar-refractivity contribution < 1.29 is 8.42 Å². The Morgan fingerprint density at radius 3 is 2.14 bits per heavy atom. The molecule has 1 saturated heterocycles. The Balaban J connectivity index is 0.00000220. The minimum atomic E-state index is -3.45.